The highest BCUT2D eigenvalue weighted by molar-refractivity contribution is 7.98. The van der Waals surface area contributed by atoms with Crippen molar-refractivity contribution in [3.8, 4) is 11.1 Å². The zero-order valence-corrected chi connectivity index (χ0v) is 11.6. The van der Waals surface area contributed by atoms with Gasteiger partial charge < -0.3 is 0 Å². The maximum Gasteiger partial charge on any atom is 0.0444 e. The van der Waals surface area contributed by atoms with Gasteiger partial charge in [0.1, 0.15) is 0 Å². The van der Waals surface area contributed by atoms with Gasteiger partial charge in [0.2, 0.25) is 0 Å². The standard InChI is InChI=1S/C15H15ClS/c1-3-11-4-5-13(10-15(11)16)12-6-8-14(17-2)9-7-12/h4-10H,3H2,1-2H3. The fourth-order valence-electron chi connectivity index (χ4n) is 1.80. The van der Waals surface area contributed by atoms with E-state index in [4.69, 9.17) is 11.6 Å². The molecule has 0 atom stereocenters. The van der Waals surface area contributed by atoms with Gasteiger partial charge in [-0.2, -0.15) is 0 Å². The Kier molecular flexibility index (Phi) is 4.14. The van der Waals surface area contributed by atoms with Crippen molar-refractivity contribution in [2.75, 3.05) is 6.26 Å². The van der Waals surface area contributed by atoms with Crippen LogP contribution in [0.5, 0.6) is 0 Å². The van der Waals surface area contributed by atoms with Crippen molar-refractivity contribution >= 4 is 23.4 Å². The maximum atomic E-state index is 6.23. The van der Waals surface area contributed by atoms with Gasteiger partial charge in [-0.25, -0.2) is 0 Å². The fourth-order valence-corrected chi connectivity index (χ4v) is 2.52. The quantitative estimate of drug-likeness (QED) is 0.677. The number of hydrogen-bond acceptors (Lipinski definition) is 1. The third-order valence-corrected chi connectivity index (χ3v) is 3.95. The number of halogens is 1. The summed E-state index contributed by atoms with van der Waals surface area (Å²) in [5, 5.41) is 0.860. The Morgan fingerprint density at radius 1 is 1.00 bits per heavy atom. The zero-order valence-electron chi connectivity index (χ0n) is 10.0. The molecule has 0 heterocycles. The van der Waals surface area contributed by atoms with E-state index in [0.717, 1.165) is 11.4 Å². The molecule has 0 fully saturated rings. The molecule has 0 aliphatic rings. The minimum Gasteiger partial charge on any atom is -0.130 e. The lowest BCUT2D eigenvalue weighted by molar-refractivity contribution is 1.14. The van der Waals surface area contributed by atoms with Gasteiger partial charge in [0.15, 0.2) is 0 Å². The number of hydrogen-bond donors (Lipinski definition) is 0. The normalized spacial score (nSPS) is 10.5. The molecule has 17 heavy (non-hydrogen) atoms. The van der Waals surface area contributed by atoms with Gasteiger partial charge in [-0.15, -0.1) is 11.8 Å². The average molecular weight is 263 g/mol. The summed E-state index contributed by atoms with van der Waals surface area (Å²) < 4.78 is 0. The van der Waals surface area contributed by atoms with Gasteiger partial charge in [0.05, 0.1) is 0 Å². The predicted octanol–water partition coefficient (Wildman–Crippen LogP) is 5.29. The number of rotatable bonds is 3. The molecule has 0 aromatic heterocycles. The van der Waals surface area contributed by atoms with Crippen LogP contribution in [0.25, 0.3) is 11.1 Å². The summed E-state index contributed by atoms with van der Waals surface area (Å²) in [5.41, 5.74) is 3.60. The fraction of sp³-hybridized carbons (Fsp3) is 0.200. The molecule has 0 nitrogen and oxygen atoms in total. The van der Waals surface area contributed by atoms with Crippen molar-refractivity contribution in [3.05, 3.63) is 53.1 Å². The topological polar surface area (TPSA) is 0 Å². The molecule has 2 heteroatoms. The Morgan fingerprint density at radius 3 is 2.18 bits per heavy atom. The van der Waals surface area contributed by atoms with E-state index in [0.29, 0.717) is 0 Å². The smallest absolute Gasteiger partial charge is 0.0444 e. The van der Waals surface area contributed by atoms with E-state index in [1.165, 1.54) is 21.6 Å². The minimum atomic E-state index is 0.860. The molecule has 0 saturated heterocycles. The monoisotopic (exact) mass is 262 g/mol. The summed E-state index contributed by atoms with van der Waals surface area (Å²) in [6.45, 7) is 2.12. The molecule has 88 valence electrons. The second kappa shape index (κ2) is 5.61. The van der Waals surface area contributed by atoms with Gasteiger partial charge in [-0.3, -0.25) is 0 Å². The van der Waals surface area contributed by atoms with Gasteiger partial charge in [-0.1, -0.05) is 42.8 Å². The van der Waals surface area contributed by atoms with Crippen molar-refractivity contribution < 1.29 is 0 Å². The summed E-state index contributed by atoms with van der Waals surface area (Å²) in [5.74, 6) is 0. The van der Waals surface area contributed by atoms with E-state index >= 15 is 0 Å². The highest BCUT2D eigenvalue weighted by Crippen LogP contribution is 2.27. The molecule has 0 amide bonds. The molecule has 0 saturated carbocycles. The first-order valence-corrected chi connectivity index (χ1v) is 7.27. The molecule has 2 rings (SSSR count). The number of benzene rings is 2. The molecule has 2 aromatic carbocycles. The van der Waals surface area contributed by atoms with Crippen LogP contribution in [-0.2, 0) is 6.42 Å². The molecular weight excluding hydrogens is 248 g/mol. The summed E-state index contributed by atoms with van der Waals surface area (Å²) in [4.78, 5) is 1.28. The highest BCUT2D eigenvalue weighted by Gasteiger charge is 2.02. The third-order valence-electron chi connectivity index (χ3n) is 2.86. The van der Waals surface area contributed by atoms with E-state index < -0.39 is 0 Å². The molecular formula is C15H15ClS. The molecule has 2 aromatic rings. The van der Waals surface area contributed by atoms with E-state index in [2.05, 4.69) is 55.6 Å². The minimum absolute atomic E-state index is 0.860. The highest BCUT2D eigenvalue weighted by atomic mass is 35.5. The molecule has 0 aliphatic heterocycles. The van der Waals surface area contributed by atoms with Crippen LogP contribution in [0.3, 0.4) is 0 Å². The molecule has 0 bridgehead atoms. The van der Waals surface area contributed by atoms with Gasteiger partial charge >= 0.3 is 0 Å². The van der Waals surface area contributed by atoms with Crippen molar-refractivity contribution in [3.63, 3.8) is 0 Å². The number of thioether (sulfide) groups is 1. The van der Waals surface area contributed by atoms with Gasteiger partial charge in [0.25, 0.3) is 0 Å². The number of aryl methyl sites for hydroxylation is 1. The summed E-state index contributed by atoms with van der Waals surface area (Å²) in [6, 6.07) is 14.9. The first kappa shape index (κ1) is 12.5. The van der Waals surface area contributed by atoms with Crippen molar-refractivity contribution in [2.45, 2.75) is 18.2 Å². The molecule has 0 unspecified atom stereocenters. The van der Waals surface area contributed by atoms with Crippen molar-refractivity contribution in [2.24, 2.45) is 0 Å². The second-order valence-corrected chi connectivity index (χ2v) is 5.18. The van der Waals surface area contributed by atoms with Crippen molar-refractivity contribution in [1.29, 1.82) is 0 Å². The Balaban J connectivity index is 2.35. The zero-order chi connectivity index (χ0) is 12.3. The molecule has 0 spiro atoms. The van der Waals surface area contributed by atoms with Crippen LogP contribution in [0, 0.1) is 0 Å². The van der Waals surface area contributed by atoms with Crippen LogP contribution >= 0.6 is 23.4 Å². The van der Waals surface area contributed by atoms with Crippen LogP contribution in [-0.4, -0.2) is 6.26 Å². The second-order valence-electron chi connectivity index (χ2n) is 3.89. The average Bonchev–Trinajstić information content (AvgIpc) is 2.39. The van der Waals surface area contributed by atoms with Crippen LogP contribution in [0.2, 0.25) is 5.02 Å². The molecule has 0 N–H and O–H groups in total. The Bertz CT molecular complexity index is 503. The third kappa shape index (κ3) is 2.85. The van der Waals surface area contributed by atoms with E-state index in [1.807, 2.05) is 0 Å². The molecule has 0 radical (unpaired) electrons. The SMILES string of the molecule is CCc1ccc(-c2ccc(SC)cc2)cc1Cl. The molecule has 0 aliphatic carbocycles. The van der Waals surface area contributed by atoms with E-state index in [9.17, 15) is 0 Å². The largest absolute Gasteiger partial charge is 0.130 e. The lowest BCUT2D eigenvalue weighted by atomic mass is 10.0. The Hall–Kier alpha value is -0.920. The Labute approximate surface area is 112 Å². The lowest BCUT2D eigenvalue weighted by Gasteiger charge is -2.06. The van der Waals surface area contributed by atoms with Crippen LogP contribution in [0.1, 0.15) is 12.5 Å². The Morgan fingerprint density at radius 2 is 1.65 bits per heavy atom. The summed E-state index contributed by atoms with van der Waals surface area (Å²) >= 11 is 7.99. The predicted molar refractivity (Wildman–Crippen MR) is 78.0 cm³/mol. The van der Waals surface area contributed by atoms with Gasteiger partial charge in [-0.05, 0) is 47.6 Å². The summed E-state index contributed by atoms with van der Waals surface area (Å²) in [6.07, 6.45) is 3.06. The van der Waals surface area contributed by atoms with E-state index in [1.54, 1.807) is 11.8 Å². The van der Waals surface area contributed by atoms with Crippen LogP contribution in [0.15, 0.2) is 47.4 Å². The first-order valence-electron chi connectivity index (χ1n) is 5.67. The summed E-state index contributed by atoms with van der Waals surface area (Å²) in [7, 11) is 0. The lowest BCUT2D eigenvalue weighted by Crippen LogP contribution is -1.84. The van der Waals surface area contributed by atoms with Gasteiger partial charge in [0, 0.05) is 9.92 Å². The van der Waals surface area contributed by atoms with E-state index in [-0.39, 0.29) is 0 Å². The first-order chi connectivity index (χ1) is 8.24. The maximum absolute atomic E-state index is 6.23. The van der Waals surface area contributed by atoms with Crippen LogP contribution in [0.4, 0.5) is 0 Å². The van der Waals surface area contributed by atoms with Crippen molar-refractivity contribution in [1.82, 2.24) is 0 Å². The van der Waals surface area contributed by atoms with Crippen LogP contribution < -0.4 is 0 Å².